The summed E-state index contributed by atoms with van der Waals surface area (Å²) in [6.07, 6.45) is 0. The quantitative estimate of drug-likeness (QED) is 0.726. The number of anilines is 2. The van der Waals surface area contributed by atoms with Crippen molar-refractivity contribution in [2.45, 2.75) is 0 Å². The van der Waals surface area contributed by atoms with Crippen LogP contribution in [0, 0.1) is 11.6 Å². The van der Waals surface area contributed by atoms with Crippen LogP contribution >= 0.6 is 0 Å². The molecule has 0 spiro atoms. The summed E-state index contributed by atoms with van der Waals surface area (Å²) in [5, 5.41) is 0. The Morgan fingerprint density at radius 3 is 2.12 bits per heavy atom. The van der Waals surface area contributed by atoms with E-state index in [-0.39, 0.29) is 16.9 Å². The Bertz CT molecular complexity index is 524. The van der Waals surface area contributed by atoms with E-state index >= 15 is 0 Å². The third-order valence-corrected chi connectivity index (χ3v) is 2.38. The molecule has 0 unspecified atom stereocenters. The highest BCUT2D eigenvalue weighted by Gasteiger charge is 2.14. The van der Waals surface area contributed by atoms with Gasteiger partial charge in [0.1, 0.15) is 5.82 Å². The summed E-state index contributed by atoms with van der Waals surface area (Å²) in [5.74, 6) is -1.40. The van der Waals surface area contributed by atoms with Crippen molar-refractivity contribution in [1.29, 1.82) is 0 Å². The van der Waals surface area contributed by atoms with Crippen LogP contribution in [0.3, 0.4) is 0 Å². The molecule has 16 heavy (non-hydrogen) atoms. The van der Waals surface area contributed by atoms with E-state index in [9.17, 15) is 8.78 Å². The minimum atomic E-state index is -0.710. The number of benzene rings is 2. The highest BCUT2D eigenvalue weighted by atomic mass is 19.1. The standard InChI is InChI=1S/C12H10F2N2/c13-9-6-8(7-4-2-1-3-5-7)10(14)12(16)11(9)15/h1-6H,15-16H2. The van der Waals surface area contributed by atoms with Crippen LogP contribution in [0.5, 0.6) is 0 Å². The second-order valence-electron chi connectivity index (χ2n) is 3.41. The number of hydrogen-bond donors (Lipinski definition) is 2. The first-order valence-corrected chi connectivity index (χ1v) is 4.69. The lowest BCUT2D eigenvalue weighted by molar-refractivity contribution is 0.611. The van der Waals surface area contributed by atoms with E-state index < -0.39 is 11.6 Å². The van der Waals surface area contributed by atoms with Crippen LogP contribution in [-0.4, -0.2) is 0 Å². The molecule has 0 atom stereocenters. The molecule has 2 rings (SSSR count). The molecule has 82 valence electrons. The Balaban J connectivity index is 2.68. The molecule has 0 bridgehead atoms. The van der Waals surface area contributed by atoms with Crippen LogP contribution in [0.15, 0.2) is 36.4 Å². The van der Waals surface area contributed by atoms with Crippen molar-refractivity contribution in [3.63, 3.8) is 0 Å². The SMILES string of the molecule is Nc1c(F)cc(-c2ccccc2)c(F)c1N. The molecule has 0 amide bonds. The maximum Gasteiger partial charge on any atom is 0.156 e. The van der Waals surface area contributed by atoms with Crippen molar-refractivity contribution in [2.75, 3.05) is 11.5 Å². The third kappa shape index (κ3) is 1.58. The van der Waals surface area contributed by atoms with Gasteiger partial charge in [-0.05, 0) is 11.6 Å². The molecule has 4 heteroatoms. The smallest absolute Gasteiger partial charge is 0.156 e. The second-order valence-corrected chi connectivity index (χ2v) is 3.41. The summed E-state index contributed by atoms with van der Waals surface area (Å²) in [6.45, 7) is 0. The molecule has 0 saturated heterocycles. The minimum absolute atomic E-state index is 0.116. The maximum atomic E-state index is 13.8. The number of halogens is 2. The summed E-state index contributed by atoms with van der Waals surface area (Å²) in [6, 6.07) is 9.66. The van der Waals surface area contributed by atoms with Gasteiger partial charge in [-0.3, -0.25) is 0 Å². The number of rotatable bonds is 1. The zero-order chi connectivity index (χ0) is 11.7. The van der Waals surface area contributed by atoms with Crippen molar-refractivity contribution < 1.29 is 8.78 Å². The van der Waals surface area contributed by atoms with Crippen LogP contribution in [0.4, 0.5) is 20.2 Å². The van der Waals surface area contributed by atoms with Crippen LogP contribution in [0.25, 0.3) is 11.1 Å². The first kappa shape index (κ1) is 10.4. The highest BCUT2D eigenvalue weighted by Crippen LogP contribution is 2.31. The maximum absolute atomic E-state index is 13.8. The fourth-order valence-electron chi connectivity index (χ4n) is 1.49. The first-order chi connectivity index (χ1) is 7.61. The molecular formula is C12H10F2N2. The normalized spacial score (nSPS) is 10.4. The van der Waals surface area contributed by atoms with Crippen LogP contribution in [0.2, 0.25) is 0 Å². The van der Waals surface area contributed by atoms with Gasteiger partial charge in [0.05, 0.1) is 11.4 Å². The average molecular weight is 220 g/mol. The summed E-state index contributed by atoms with van der Waals surface area (Å²) in [7, 11) is 0. The molecule has 4 N–H and O–H groups in total. The van der Waals surface area contributed by atoms with Crippen molar-refractivity contribution in [3.8, 4) is 11.1 Å². The number of hydrogen-bond acceptors (Lipinski definition) is 2. The van der Waals surface area contributed by atoms with Crippen molar-refractivity contribution >= 4 is 11.4 Å². The molecular weight excluding hydrogens is 210 g/mol. The zero-order valence-corrected chi connectivity index (χ0v) is 8.37. The Hall–Kier alpha value is -2.10. The topological polar surface area (TPSA) is 52.0 Å². The van der Waals surface area contributed by atoms with E-state index in [4.69, 9.17) is 11.5 Å². The fourth-order valence-corrected chi connectivity index (χ4v) is 1.49. The lowest BCUT2D eigenvalue weighted by Gasteiger charge is -2.09. The number of nitrogen functional groups attached to an aromatic ring is 2. The minimum Gasteiger partial charge on any atom is -0.395 e. The molecule has 0 heterocycles. The zero-order valence-electron chi connectivity index (χ0n) is 8.37. The Labute approximate surface area is 91.5 Å². The lowest BCUT2D eigenvalue weighted by atomic mass is 10.0. The molecule has 0 aliphatic carbocycles. The molecule has 0 radical (unpaired) electrons. The molecule has 0 aliphatic rings. The van der Waals surface area contributed by atoms with E-state index in [1.165, 1.54) is 0 Å². The Kier molecular flexibility index (Phi) is 2.48. The van der Waals surface area contributed by atoms with Gasteiger partial charge in [-0.2, -0.15) is 0 Å². The van der Waals surface area contributed by atoms with Gasteiger partial charge in [0.25, 0.3) is 0 Å². The molecule has 2 aromatic carbocycles. The summed E-state index contributed by atoms with van der Waals surface area (Å²) in [5.41, 5.74) is 10.6. The Morgan fingerprint density at radius 1 is 0.875 bits per heavy atom. The summed E-state index contributed by atoms with van der Waals surface area (Å²) < 4.78 is 27.1. The predicted octanol–water partition coefficient (Wildman–Crippen LogP) is 2.80. The molecule has 2 nitrogen and oxygen atoms in total. The van der Waals surface area contributed by atoms with Gasteiger partial charge in [-0.15, -0.1) is 0 Å². The third-order valence-electron chi connectivity index (χ3n) is 2.38. The van der Waals surface area contributed by atoms with Gasteiger partial charge >= 0.3 is 0 Å². The van der Waals surface area contributed by atoms with Gasteiger partial charge in [0, 0.05) is 5.56 Å². The van der Waals surface area contributed by atoms with Crippen molar-refractivity contribution in [1.82, 2.24) is 0 Å². The van der Waals surface area contributed by atoms with E-state index in [1.807, 2.05) is 0 Å². The highest BCUT2D eigenvalue weighted by molar-refractivity contribution is 5.76. The van der Waals surface area contributed by atoms with Crippen LogP contribution < -0.4 is 11.5 Å². The van der Waals surface area contributed by atoms with Gasteiger partial charge < -0.3 is 11.5 Å². The monoisotopic (exact) mass is 220 g/mol. The van der Waals surface area contributed by atoms with E-state index in [2.05, 4.69) is 0 Å². The average Bonchev–Trinajstić information content (AvgIpc) is 2.32. The molecule has 0 aromatic heterocycles. The lowest BCUT2D eigenvalue weighted by Crippen LogP contribution is -2.03. The van der Waals surface area contributed by atoms with E-state index in [1.54, 1.807) is 30.3 Å². The largest absolute Gasteiger partial charge is 0.395 e. The summed E-state index contributed by atoms with van der Waals surface area (Å²) >= 11 is 0. The van der Waals surface area contributed by atoms with E-state index in [0.29, 0.717) is 5.56 Å². The van der Waals surface area contributed by atoms with Crippen molar-refractivity contribution in [2.24, 2.45) is 0 Å². The van der Waals surface area contributed by atoms with Gasteiger partial charge in [0.15, 0.2) is 5.82 Å². The van der Waals surface area contributed by atoms with E-state index in [0.717, 1.165) is 6.07 Å². The van der Waals surface area contributed by atoms with Gasteiger partial charge in [-0.25, -0.2) is 8.78 Å². The van der Waals surface area contributed by atoms with Crippen LogP contribution in [-0.2, 0) is 0 Å². The van der Waals surface area contributed by atoms with Gasteiger partial charge in [0.2, 0.25) is 0 Å². The predicted molar refractivity (Wildman–Crippen MR) is 60.6 cm³/mol. The molecule has 0 aliphatic heterocycles. The van der Waals surface area contributed by atoms with Crippen molar-refractivity contribution in [3.05, 3.63) is 48.0 Å². The molecule has 0 fully saturated rings. The fraction of sp³-hybridized carbons (Fsp3) is 0. The second kappa shape index (κ2) is 3.81. The summed E-state index contributed by atoms with van der Waals surface area (Å²) in [4.78, 5) is 0. The first-order valence-electron chi connectivity index (χ1n) is 4.69. The number of nitrogens with two attached hydrogens (primary N) is 2. The molecule has 0 saturated carbocycles. The Morgan fingerprint density at radius 2 is 1.50 bits per heavy atom. The van der Waals surface area contributed by atoms with Gasteiger partial charge in [-0.1, -0.05) is 30.3 Å². The molecule has 2 aromatic rings. The van der Waals surface area contributed by atoms with Crippen LogP contribution in [0.1, 0.15) is 0 Å².